The van der Waals surface area contributed by atoms with Crippen molar-refractivity contribution in [1.29, 1.82) is 0 Å². The number of hydrogen-bond acceptors (Lipinski definition) is 7. The normalized spacial score (nSPS) is 16.6. The Labute approximate surface area is 212 Å². The van der Waals surface area contributed by atoms with E-state index in [-0.39, 0.29) is 29.1 Å². The van der Waals surface area contributed by atoms with Crippen LogP contribution in [0.2, 0.25) is 10.2 Å². The molecule has 1 aliphatic rings. The molecule has 35 heavy (non-hydrogen) atoms. The number of fused-ring (bicyclic) bond motifs is 1. The number of halogens is 2. The Balaban J connectivity index is 1.30. The molecule has 1 aromatic carbocycles. The predicted molar refractivity (Wildman–Crippen MR) is 136 cm³/mol. The summed E-state index contributed by atoms with van der Waals surface area (Å²) >= 11 is 12.3. The predicted octanol–water partition coefficient (Wildman–Crippen LogP) is 2.96. The lowest BCUT2D eigenvalue weighted by Gasteiger charge is -2.34. The third-order valence-corrected chi connectivity index (χ3v) is 6.81. The van der Waals surface area contributed by atoms with Crippen molar-refractivity contribution in [2.75, 3.05) is 31.5 Å². The fourth-order valence-corrected chi connectivity index (χ4v) is 4.88. The summed E-state index contributed by atoms with van der Waals surface area (Å²) in [6.07, 6.45) is 5.25. The Kier molecular flexibility index (Phi) is 8.61. The van der Waals surface area contributed by atoms with Crippen molar-refractivity contribution in [2.45, 2.75) is 44.8 Å². The van der Waals surface area contributed by atoms with Crippen molar-refractivity contribution >= 4 is 45.9 Å². The SMILES string of the molecule is O=C(O)CN1CCCCC1CCNc1ncc(Cl)n(CCNCc2[nH]nc3ccc(Cl)cc23)c1=O. The second kappa shape index (κ2) is 11.9. The number of H-pyrrole nitrogens is 1. The Morgan fingerprint density at radius 3 is 2.94 bits per heavy atom. The minimum absolute atomic E-state index is 0.0467. The number of benzene rings is 1. The van der Waals surface area contributed by atoms with Crippen LogP contribution in [-0.4, -0.2) is 67.9 Å². The van der Waals surface area contributed by atoms with Crippen molar-refractivity contribution < 1.29 is 9.90 Å². The number of carboxylic acid groups (broad SMARTS) is 1. The first-order valence-electron chi connectivity index (χ1n) is 11.7. The topological polar surface area (TPSA) is 128 Å². The van der Waals surface area contributed by atoms with Gasteiger partial charge in [0.25, 0.3) is 5.56 Å². The highest BCUT2D eigenvalue weighted by molar-refractivity contribution is 6.31. The van der Waals surface area contributed by atoms with Gasteiger partial charge in [-0.2, -0.15) is 5.10 Å². The Hall–Kier alpha value is -2.66. The zero-order valence-electron chi connectivity index (χ0n) is 19.3. The molecule has 1 atom stereocenters. The van der Waals surface area contributed by atoms with E-state index in [1.165, 1.54) is 10.8 Å². The van der Waals surface area contributed by atoms with Crippen LogP contribution in [0.3, 0.4) is 0 Å². The molecule has 0 radical (unpaired) electrons. The number of nitrogens with one attached hydrogen (secondary N) is 3. The number of carbonyl (C=O) groups is 1. The van der Waals surface area contributed by atoms with Crippen LogP contribution in [0, 0.1) is 0 Å². The van der Waals surface area contributed by atoms with Crippen molar-refractivity contribution in [3.05, 3.63) is 50.6 Å². The number of nitrogens with zero attached hydrogens (tertiary/aromatic N) is 4. The van der Waals surface area contributed by atoms with Gasteiger partial charge in [0.05, 0.1) is 24.0 Å². The number of aromatic amines is 1. The first-order valence-corrected chi connectivity index (χ1v) is 12.5. The lowest BCUT2D eigenvalue weighted by molar-refractivity contribution is -0.139. The summed E-state index contributed by atoms with van der Waals surface area (Å²) in [4.78, 5) is 30.2. The second-order valence-electron chi connectivity index (χ2n) is 8.66. The summed E-state index contributed by atoms with van der Waals surface area (Å²) < 4.78 is 1.48. The minimum Gasteiger partial charge on any atom is -0.480 e. The van der Waals surface area contributed by atoms with Gasteiger partial charge in [0, 0.05) is 42.6 Å². The Morgan fingerprint density at radius 1 is 1.26 bits per heavy atom. The number of anilines is 1. The smallest absolute Gasteiger partial charge is 0.317 e. The van der Waals surface area contributed by atoms with E-state index in [1.54, 1.807) is 6.07 Å². The van der Waals surface area contributed by atoms with Gasteiger partial charge in [-0.1, -0.05) is 29.6 Å². The quantitative estimate of drug-likeness (QED) is 0.283. The summed E-state index contributed by atoms with van der Waals surface area (Å²) in [5, 5.41) is 24.7. The first kappa shape index (κ1) is 25.4. The van der Waals surface area contributed by atoms with Gasteiger partial charge < -0.3 is 15.7 Å². The molecule has 0 aliphatic carbocycles. The van der Waals surface area contributed by atoms with E-state index in [9.17, 15) is 9.59 Å². The summed E-state index contributed by atoms with van der Waals surface area (Å²) in [5.41, 5.74) is 1.47. The van der Waals surface area contributed by atoms with Gasteiger partial charge in [-0.15, -0.1) is 0 Å². The minimum atomic E-state index is -0.815. The third kappa shape index (κ3) is 6.52. The third-order valence-electron chi connectivity index (χ3n) is 6.27. The zero-order chi connectivity index (χ0) is 24.8. The van der Waals surface area contributed by atoms with E-state index in [0.717, 1.165) is 48.8 Å². The lowest BCUT2D eigenvalue weighted by Crippen LogP contribution is -2.43. The number of hydrogen-bond donors (Lipinski definition) is 4. The van der Waals surface area contributed by atoms with Gasteiger partial charge in [0.2, 0.25) is 0 Å². The highest BCUT2D eigenvalue weighted by Crippen LogP contribution is 2.21. The highest BCUT2D eigenvalue weighted by Gasteiger charge is 2.23. The standard InChI is InChI=1S/C23H29Cl2N7O3/c24-15-4-5-18-17(11-15)19(30-29-18)12-26-8-10-32-20(25)13-28-22(23(32)35)27-7-6-16-3-1-2-9-31(16)14-21(33)34/h4-5,11,13,16,26H,1-3,6-10,12,14H2,(H,27,28)(H,29,30)(H,33,34). The highest BCUT2D eigenvalue weighted by atomic mass is 35.5. The molecule has 3 aromatic rings. The average molecular weight is 522 g/mol. The molecule has 1 unspecified atom stereocenters. The van der Waals surface area contributed by atoms with Crippen LogP contribution < -0.4 is 16.2 Å². The van der Waals surface area contributed by atoms with E-state index in [1.807, 2.05) is 17.0 Å². The fourth-order valence-electron chi connectivity index (χ4n) is 4.50. The zero-order valence-corrected chi connectivity index (χ0v) is 20.8. The van der Waals surface area contributed by atoms with Gasteiger partial charge >= 0.3 is 5.97 Å². The van der Waals surface area contributed by atoms with E-state index in [4.69, 9.17) is 28.3 Å². The summed E-state index contributed by atoms with van der Waals surface area (Å²) in [5.74, 6) is -0.575. The number of piperidine rings is 1. The Bertz CT molecular complexity index is 1230. The number of aromatic nitrogens is 4. The number of likely N-dealkylation sites (tertiary alicyclic amines) is 1. The maximum Gasteiger partial charge on any atom is 0.317 e. The molecule has 2 aromatic heterocycles. The maximum absolute atomic E-state index is 12.9. The van der Waals surface area contributed by atoms with Gasteiger partial charge in [-0.3, -0.25) is 24.2 Å². The van der Waals surface area contributed by atoms with Crippen LogP contribution in [-0.2, 0) is 17.9 Å². The molecule has 1 aliphatic heterocycles. The molecule has 188 valence electrons. The maximum atomic E-state index is 12.9. The molecule has 10 nitrogen and oxygen atoms in total. The molecule has 1 fully saturated rings. The second-order valence-corrected chi connectivity index (χ2v) is 9.48. The molecular formula is C23H29Cl2N7O3. The largest absolute Gasteiger partial charge is 0.480 e. The van der Waals surface area contributed by atoms with E-state index >= 15 is 0 Å². The molecule has 0 amide bonds. The Morgan fingerprint density at radius 2 is 2.11 bits per heavy atom. The van der Waals surface area contributed by atoms with Crippen molar-refractivity contribution in [3.63, 3.8) is 0 Å². The van der Waals surface area contributed by atoms with E-state index in [2.05, 4.69) is 25.8 Å². The van der Waals surface area contributed by atoms with Crippen LogP contribution in [0.25, 0.3) is 10.9 Å². The average Bonchev–Trinajstić information content (AvgIpc) is 3.22. The number of carboxylic acids is 1. The molecule has 4 rings (SSSR count). The molecule has 4 N–H and O–H groups in total. The van der Waals surface area contributed by atoms with E-state index in [0.29, 0.717) is 31.2 Å². The number of aliphatic carboxylic acids is 1. The fraction of sp³-hybridized carbons (Fsp3) is 0.478. The van der Waals surface area contributed by atoms with Crippen LogP contribution in [0.4, 0.5) is 5.82 Å². The molecular weight excluding hydrogens is 493 g/mol. The first-order chi connectivity index (χ1) is 16.9. The van der Waals surface area contributed by atoms with Crippen molar-refractivity contribution in [3.8, 4) is 0 Å². The molecule has 0 saturated carbocycles. The number of rotatable bonds is 11. The van der Waals surface area contributed by atoms with Gasteiger partial charge in [-0.25, -0.2) is 4.98 Å². The molecule has 0 bridgehead atoms. The summed E-state index contributed by atoms with van der Waals surface area (Å²) in [6.45, 7) is 2.78. The van der Waals surface area contributed by atoms with Crippen LogP contribution in [0.5, 0.6) is 0 Å². The summed E-state index contributed by atoms with van der Waals surface area (Å²) in [7, 11) is 0. The van der Waals surface area contributed by atoms with Gasteiger partial charge in [0.1, 0.15) is 5.15 Å². The molecule has 12 heteroatoms. The molecule has 3 heterocycles. The van der Waals surface area contributed by atoms with E-state index < -0.39 is 5.97 Å². The van der Waals surface area contributed by atoms with Crippen LogP contribution >= 0.6 is 23.2 Å². The van der Waals surface area contributed by atoms with Crippen LogP contribution in [0.15, 0.2) is 29.2 Å². The monoisotopic (exact) mass is 521 g/mol. The lowest BCUT2D eigenvalue weighted by atomic mass is 9.99. The molecule has 1 saturated heterocycles. The summed E-state index contributed by atoms with van der Waals surface area (Å²) in [6, 6.07) is 5.71. The van der Waals surface area contributed by atoms with Gasteiger partial charge in [0.15, 0.2) is 5.82 Å². The van der Waals surface area contributed by atoms with Crippen LogP contribution in [0.1, 0.15) is 31.4 Å². The van der Waals surface area contributed by atoms with Gasteiger partial charge in [-0.05, 0) is 44.0 Å². The van der Waals surface area contributed by atoms with Crippen molar-refractivity contribution in [2.24, 2.45) is 0 Å². The van der Waals surface area contributed by atoms with Crippen molar-refractivity contribution in [1.82, 2.24) is 30.0 Å². The molecule has 0 spiro atoms.